The number of hydrogen-bond donors (Lipinski definition) is 2. The summed E-state index contributed by atoms with van der Waals surface area (Å²) in [5.41, 5.74) is 11.3. The van der Waals surface area contributed by atoms with Crippen LogP contribution in [0, 0.1) is 5.92 Å². The van der Waals surface area contributed by atoms with Crippen molar-refractivity contribution < 1.29 is 4.79 Å². The molecule has 2 aliphatic rings. The normalized spacial score (nSPS) is 16.4. The van der Waals surface area contributed by atoms with Crippen molar-refractivity contribution in [3.8, 4) is 11.3 Å². The Morgan fingerprint density at radius 2 is 1.79 bits per heavy atom. The van der Waals surface area contributed by atoms with Crippen LogP contribution in [0.25, 0.3) is 11.3 Å². The number of amides is 1. The number of aryl methyl sites for hydroxylation is 1. The molecule has 1 aliphatic carbocycles. The summed E-state index contributed by atoms with van der Waals surface area (Å²) < 4.78 is 0. The van der Waals surface area contributed by atoms with Gasteiger partial charge in [-0.3, -0.25) is 9.78 Å². The maximum absolute atomic E-state index is 12.1. The first-order chi connectivity index (χ1) is 18.7. The van der Waals surface area contributed by atoms with Gasteiger partial charge in [-0.2, -0.15) is 4.98 Å². The molecule has 192 valence electrons. The molecule has 1 fully saturated rings. The van der Waals surface area contributed by atoms with Crippen molar-refractivity contribution in [1.29, 1.82) is 0 Å². The van der Waals surface area contributed by atoms with Gasteiger partial charge in [-0.1, -0.05) is 60.7 Å². The van der Waals surface area contributed by atoms with Gasteiger partial charge in [0.15, 0.2) is 0 Å². The molecule has 1 saturated carbocycles. The lowest BCUT2D eigenvalue weighted by Crippen LogP contribution is -2.34. The van der Waals surface area contributed by atoms with Gasteiger partial charge in [0.25, 0.3) is 0 Å². The number of rotatable bonds is 9. The molecule has 7 heteroatoms. The van der Waals surface area contributed by atoms with Gasteiger partial charge in [0.2, 0.25) is 11.9 Å². The molecule has 7 nitrogen and oxygen atoms in total. The Bertz CT molecular complexity index is 1410. The summed E-state index contributed by atoms with van der Waals surface area (Å²) in [6, 6.07) is 24.6. The van der Waals surface area contributed by atoms with Gasteiger partial charge in [-0.05, 0) is 54.9 Å². The summed E-state index contributed by atoms with van der Waals surface area (Å²) in [7, 11) is 0. The Hall–Kier alpha value is -4.26. The van der Waals surface area contributed by atoms with Gasteiger partial charge in [-0.15, -0.1) is 0 Å². The van der Waals surface area contributed by atoms with Crippen LogP contribution in [-0.2, 0) is 11.2 Å². The second-order valence-electron chi connectivity index (χ2n) is 10.3. The summed E-state index contributed by atoms with van der Waals surface area (Å²) in [6.07, 6.45) is 8.32. The minimum absolute atomic E-state index is 0.172. The molecule has 6 rings (SSSR count). The fourth-order valence-electron chi connectivity index (χ4n) is 5.65. The molecule has 4 aromatic rings. The summed E-state index contributed by atoms with van der Waals surface area (Å²) >= 11 is 0. The van der Waals surface area contributed by atoms with E-state index in [1.165, 1.54) is 11.1 Å². The van der Waals surface area contributed by atoms with Gasteiger partial charge >= 0.3 is 0 Å². The molecule has 1 aliphatic heterocycles. The molecule has 0 saturated heterocycles. The van der Waals surface area contributed by atoms with E-state index in [-0.39, 0.29) is 24.3 Å². The molecular weight excluding hydrogens is 472 g/mol. The number of primary amides is 1. The molecular formula is C31H32N6O. The maximum Gasteiger partial charge on any atom is 0.224 e. The number of benzene rings is 2. The highest BCUT2D eigenvalue weighted by Crippen LogP contribution is 2.46. The lowest BCUT2D eigenvalue weighted by Gasteiger charge is -2.31. The largest absolute Gasteiger partial charge is 0.370 e. The topological polar surface area (TPSA) is 97.0 Å². The van der Waals surface area contributed by atoms with Crippen LogP contribution in [0.1, 0.15) is 42.7 Å². The van der Waals surface area contributed by atoms with Gasteiger partial charge < -0.3 is 16.0 Å². The SMILES string of the molecule is NC(=O)CC(Nc1nccc(N2CCCc3cnc(-c4ccccc4)cc32)n1)C(c1ccccc1)C1CC1. The number of hydrogen-bond acceptors (Lipinski definition) is 6. The number of nitrogens with two attached hydrogens (primary N) is 1. The van der Waals surface area contributed by atoms with Crippen molar-refractivity contribution in [3.05, 3.63) is 96.3 Å². The molecule has 3 heterocycles. The number of fused-ring (bicyclic) bond motifs is 1. The number of anilines is 3. The Balaban J connectivity index is 1.31. The van der Waals surface area contributed by atoms with Crippen LogP contribution in [0.2, 0.25) is 0 Å². The highest BCUT2D eigenvalue weighted by Gasteiger charge is 2.38. The van der Waals surface area contributed by atoms with E-state index in [4.69, 9.17) is 15.7 Å². The van der Waals surface area contributed by atoms with Crippen LogP contribution in [0.15, 0.2) is 85.2 Å². The van der Waals surface area contributed by atoms with Crippen molar-refractivity contribution >= 4 is 23.4 Å². The Kier molecular flexibility index (Phi) is 6.73. The van der Waals surface area contributed by atoms with Crippen molar-refractivity contribution in [2.75, 3.05) is 16.8 Å². The second kappa shape index (κ2) is 10.6. The third-order valence-electron chi connectivity index (χ3n) is 7.55. The van der Waals surface area contributed by atoms with E-state index in [0.29, 0.717) is 11.9 Å². The molecule has 2 aromatic heterocycles. The number of nitrogens with zero attached hydrogens (tertiary/aromatic N) is 4. The summed E-state index contributed by atoms with van der Waals surface area (Å²) in [5.74, 6) is 1.71. The predicted molar refractivity (Wildman–Crippen MR) is 150 cm³/mol. The molecule has 1 amide bonds. The average Bonchev–Trinajstić information content (AvgIpc) is 3.79. The lowest BCUT2D eigenvalue weighted by molar-refractivity contribution is -0.118. The van der Waals surface area contributed by atoms with E-state index >= 15 is 0 Å². The van der Waals surface area contributed by atoms with E-state index in [1.807, 2.05) is 36.5 Å². The van der Waals surface area contributed by atoms with Crippen LogP contribution in [-0.4, -0.2) is 33.4 Å². The van der Waals surface area contributed by atoms with Gasteiger partial charge in [0.05, 0.1) is 5.69 Å². The third kappa shape index (κ3) is 5.23. The zero-order chi connectivity index (χ0) is 25.9. The summed E-state index contributed by atoms with van der Waals surface area (Å²) in [6.45, 7) is 0.862. The van der Waals surface area contributed by atoms with Crippen molar-refractivity contribution in [2.24, 2.45) is 11.7 Å². The van der Waals surface area contributed by atoms with E-state index in [9.17, 15) is 4.79 Å². The molecule has 0 radical (unpaired) electrons. The van der Waals surface area contributed by atoms with Crippen LogP contribution < -0.4 is 16.0 Å². The predicted octanol–water partition coefficient (Wildman–Crippen LogP) is 5.47. The van der Waals surface area contributed by atoms with E-state index in [2.05, 4.69) is 57.7 Å². The fraction of sp³-hybridized carbons (Fsp3) is 0.290. The first-order valence-electron chi connectivity index (χ1n) is 13.4. The van der Waals surface area contributed by atoms with Crippen LogP contribution in [0.4, 0.5) is 17.5 Å². The van der Waals surface area contributed by atoms with Crippen molar-refractivity contribution in [2.45, 2.75) is 44.1 Å². The third-order valence-corrected chi connectivity index (χ3v) is 7.55. The maximum atomic E-state index is 12.1. The Morgan fingerprint density at radius 1 is 1.03 bits per heavy atom. The second-order valence-corrected chi connectivity index (χ2v) is 10.3. The number of pyridine rings is 1. The van der Waals surface area contributed by atoms with E-state index < -0.39 is 0 Å². The Morgan fingerprint density at radius 3 is 2.53 bits per heavy atom. The number of aromatic nitrogens is 3. The van der Waals surface area contributed by atoms with Crippen LogP contribution in [0.5, 0.6) is 0 Å². The van der Waals surface area contributed by atoms with Crippen LogP contribution in [0.3, 0.4) is 0 Å². The molecule has 2 unspecified atom stereocenters. The molecule has 3 N–H and O–H groups in total. The molecule has 2 aromatic carbocycles. The minimum atomic E-state index is -0.328. The van der Waals surface area contributed by atoms with Crippen molar-refractivity contribution in [1.82, 2.24) is 15.0 Å². The highest BCUT2D eigenvalue weighted by molar-refractivity contribution is 5.75. The van der Waals surface area contributed by atoms with E-state index in [1.54, 1.807) is 6.20 Å². The van der Waals surface area contributed by atoms with Crippen molar-refractivity contribution in [3.63, 3.8) is 0 Å². The van der Waals surface area contributed by atoms with Gasteiger partial charge in [0, 0.05) is 48.6 Å². The zero-order valence-electron chi connectivity index (χ0n) is 21.3. The molecule has 38 heavy (non-hydrogen) atoms. The monoisotopic (exact) mass is 504 g/mol. The first-order valence-corrected chi connectivity index (χ1v) is 13.4. The van der Waals surface area contributed by atoms with Gasteiger partial charge in [0.1, 0.15) is 5.82 Å². The average molecular weight is 505 g/mol. The molecule has 2 atom stereocenters. The number of carbonyl (C=O) groups excluding carboxylic acids is 1. The lowest BCUT2D eigenvalue weighted by atomic mass is 9.85. The Labute approximate surface area is 223 Å². The zero-order valence-corrected chi connectivity index (χ0v) is 21.3. The van der Waals surface area contributed by atoms with Crippen LogP contribution >= 0.6 is 0 Å². The number of carbonyl (C=O) groups is 1. The fourth-order valence-corrected chi connectivity index (χ4v) is 5.65. The molecule has 0 bridgehead atoms. The quantitative estimate of drug-likeness (QED) is 0.314. The highest BCUT2D eigenvalue weighted by atomic mass is 16.1. The minimum Gasteiger partial charge on any atom is -0.370 e. The first kappa shape index (κ1) is 24.1. The summed E-state index contributed by atoms with van der Waals surface area (Å²) in [4.78, 5) is 28.6. The van der Waals surface area contributed by atoms with Gasteiger partial charge in [-0.25, -0.2) is 4.98 Å². The number of nitrogens with one attached hydrogen (secondary N) is 1. The summed E-state index contributed by atoms with van der Waals surface area (Å²) in [5, 5.41) is 3.51. The smallest absolute Gasteiger partial charge is 0.224 e. The van der Waals surface area contributed by atoms with E-state index in [0.717, 1.165) is 55.0 Å². The standard InChI is InChI=1S/C31H32N6O/c32-28(38)19-26(30(23-13-14-23)22-10-5-2-6-11-22)35-31-33-16-15-29(36-31)37-17-7-12-24-20-34-25(18-27(24)37)21-8-3-1-4-9-21/h1-6,8-11,15-16,18,20,23,26,30H,7,12-14,17,19H2,(H2,32,38)(H,33,35,36). The molecule has 0 spiro atoms.